The van der Waals surface area contributed by atoms with Crippen LogP contribution >= 0.6 is 0 Å². The van der Waals surface area contributed by atoms with E-state index in [1.807, 2.05) is 32.3 Å². The molecule has 0 saturated carbocycles. The molecule has 0 spiro atoms. The van der Waals surface area contributed by atoms with Crippen molar-refractivity contribution in [3.8, 4) is 11.5 Å². The molecular formula is C15H23N3O3. The van der Waals surface area contributed by atoms with Crippen molar-refractivity contribution >= 4 is 5.91 Å². The summed E-state index contributed by atoms with van der Waals surface area (Å²) in [5.74, 6) is 1.56. The fourth-order valence-corrected chi connectivity index (χ4v) is 2.06. The van der Waals surface area contributed by atoms with Crippen LogP contribution < -0.4 is 20.1 Å². The number of nitrogens with zero attached hydrogens (tertiary/aromatic N) is 1. The fraction of sp³-hybridized carbons (Fsp3) is 0.533. The summed E-state index contributed by atoms with van der Waals surface area (Å²) in [6.07, 6.45) is 0.959. The van der Waals surface area contributed by atoms with E-state index in [2.05, 4.69) is 15.5 Å². The maximum atomic E-state index is 11.6. The molecule has 2 N–H and O–H groups in total. The van der Waals surface area contributed by atoms with Crippen LogP contribution in [0, 0.1) is 0 Å². The first-order valence-corrected chi connectivity index (χ1v) is 7.16. The average Bonchev–Trinajstić information content (AvgIpc) is 2.91. The third-order valence-electron chi connectivity index (χ3n) is 3.16. The van der Waals surface area contributed by atoms with Gasteiger partial charge in [0.1, 0.15) is 0 Å². The Labute approximate surface area is 125 Å². The lowest BCUT2D eigenvalue weighted by molar-refractivity contribution is -0.120. The summed E-state index contributed by atoms with van der Waals surface area (Å²) in [4.78, 5) is 13.7. The molecule has 6 nitrogen and oxygen atoms in total. The molecule has 1 heterocycles. The number of fused-ring (bicyclic) bond motifs is 1. The molecule has 0 saturated heterocycles. The Bertz CT molecular complexity index is 477. The Balaban J connectivity index is 1.61. The highest BCUT2D eigenvalue weighted by Gasteiger charge is 2.12. The summed E-state index contributed by atoms with van der Waals surface area (Å²) in [6.45, 7) is 2.91. The van der Waals surface area contributed by atoms with Gasteiger partial charge in [0.15, 0.2) is 11.5 Å². The highest BCUT2D eigenvalue weighted by Crippen LogP contribution is 2.32. The van der Waals surface area contributed by atoms with Gasteiger partial charge in [-0.1, -0.05) is 6.07 Å². The van der Waals surface area contributed by atoms with Crippen LogP contribution in [0.3, 0.4) is 0 Å². The molecule has 0 radical (unpaired) electrons. The topological polar surface area (TPSA) is 62.8 Å². The van der Waals surface area contributed by atoms with Gasteiger partial charge in [0.2, 0.25) is 12.7 Å². The van der Waals surface area contributed by atoms with E-state index in [-0.39, 0.29) is 12.7 Å². The molecule has 21 heavy (non-hydrogen) atoms. The van der Waals surface area contributed by atoms with Gasteiger partial charge in [0.05, 0.1) is 6.54 Å². The zero-order valence-electron chi connectivity index (χ0n) is 12.6. The summed E-state index contributed by atoms with van der Waals surface area (Å²) in [6, 6.07) is 5.79. The van der Waals surface area contributed by atoms with Gasteiger partial charge in [-0.25, -0.2) is 0 Å². The lowest BCUT2D eigenvalue weighted by atomic mass is 10.2. The van der Waals surface area contributed by atoms with Crippen LogP contribution in [0.15, 0.2) is 18.2 Å². The lowest BCUT2D eigenvalue weighted by Crippen LogP contribution is -2.35. The Morgan fingerprint density at radius 2 is 2.10 bits per heavy atom. The van der Waals surface area contributed by atoms with E-state index >= 15 is 0 Å². The second kappa shape index (κ2) is 7.85. The molecule has 1 aromatic carbocycles. The molecule has 1 aromatic rings. The number of benzene rings is 1. The molecule has 1 aliphatic heterocycles. The summed E-state index contributed by atoms with van der Waals surface area (Å²) in [7, 11) is 4.05. The summed E-state index contributed by atoms with van der Waals surface area (Å²) < 4.78 is 10.6. The van der Waals surface area contributed by atoms with Crippen molar-refractivity contribution in [3.63, 3.8) is 0 Å². The molecule has 1 aliphatic rings. The first-order valence-electron chi connectivity index (χ1n) is 7.16. The van der Waals surface area contributed by atoms with Crippen LogP contribution in [0.4, 0.5) is 0 Å². The van der Waals surface area contributed by atoms with E-state index in [1.165, 1.54) is 0 Å². The number of rotatable bonds is 8. The van der Waals surface area contributed by atoms with Gasteiger partial charge in [-0.15, -0.1) is 0 Å². The minimum atomic E-state index is 0.0227. The largest absolute Gasteiger partial charge is 0.454 e. The van der Waals surface area contributed by atoms with Gasteiger partial charge < -0.3 is 25.0 Å². The van der Waals surface area contributed by atoms with E-state index in [0.29, 0.717) is 19.6 Å². The van der Waals surface area contributed by atoms with Gasteiger partial charge in [-0.05, 0) is 44.8 Å². The molecule has 0 aromatic heterocycles. The van der Waals surface area contributed by atoms with Crippen molar-refractivity contribution in [2.75, 3.05) is 40.5 Å². The zero-order valence-corrected chi connectivity index (χ0v) is 12.6. The number of ether oxygens (including phenoxy) is 2. The Morgan fingerprint density at radius 1 is 1.29 bits per heavy atom. The molecule has 116 valence electrons. The molecule has 6 heteroatoms. The number of carbonyl (C=O) groups excluding carboxylic acids is 1. The molecule has 0 fully saturated rings. The highest BCUT2D eigenvalue weighted by atomic mass is 16.7. The number of nitrogens with one attached hydrogen (secondary N) is 2. The first-order chi connectivity index (χ1) is 10.1. The minimum Gasteiger partial charge on any atom is -0.454 e. The molecule has 0 aliphatic carbocycles. The fourth-order valence-electron chi connectivity index (χ4n) is 2.06. The maximum Gasteiger partial charge on any atom is 0.233 e. The molecule has 0 bridgehead atoms. The van der Waals surface area contributed by atoms with Crippen molar-refractivity contribution in [2.45, 2.75) is 13.0 Å². The van der Waals surface area contributed by atoms with Crippen molar-refractivity contribution in [2.24, 2.45) is 0 Å². The Kier molecular flexibility index (Phi) is 5.83. The van der Waals surface area contributed by atoms with Crippen molar-refractivity contribution in [1.29, 1.82) is 0 Å². The predicted molar refractivity (Wildman–Crippen MR) is 80.5 cm³/mol. The van der Waals surface area contributed by atoms with Crippen LogP contribution in [0.25, 0.3) is 0 Å². The normalized spacial score (nSPS) is 12.7. The quantitative estimate of drug-likeness (QED) is 0.686. The van der Waals surface area contributed by atoms with Crippen LogP contribution in [-0.4, -0.2) is 51.3 Å². The Hall–Kier alpha value is -1.79. The van der Waals surface area contributed by atoms with Gasteiger partial charge in [-0.3, -0.25) is 4.79 Å². The smallest absolute Gasteiger partial charge is 0.233 e. The monoisotopic (exact) mass is 293 g/mol. The number of amides is 1. The summed E-state index contributed by atoms with van der Waals surface area (Å²) >= 11 is 0. The van der Waals surface area contributed by atoms with Crippen molar-refractivity contribution in [1.82, 2.24) is 15.5 Å². The first kappa shape index (κ1) is 15.6. The highest BCUT2D eigenvalue weighted by molar-refractivity contribution is 5.77. The number of carbonyl (C=O) groups is 1. The van der Waals surface area contributed by atoms with Gasteiger partial charge in [-0.2, -0.15) is 0 Å². The lowest BCUT2D eigenvalue weighted by Gasteiger charge is -2.10. The van der Waals surface area contributed by atoms with E-state index in [4.69, 9.17) is 9.47 Å². The molecule has 2 rings (SSSR count). The third kappa shape index (κ3) is 5.24. The zero-order chi connectivity index (χ0) is 15.1. The minimum absolute atomic E-state index is 0.0227. The molecular weight excluding hydrogens is 270 g/mol. The van der Waals surface area contributed by atoms with E-state index in [0.717, 1.165) is 30.0 Å². The SMILES string of the molecule is CN(C)CCCNC(=O)CNCc1ccc2c(c1)OCO2. The van der Waals surface area contributed by atoms with E-state index in [9.17, 15) is 4.79 Å². The van der Waals surface area contributed by atoms with Gasteiger partial charge in [0, 0.05) is 13.1 Å². The molecule has 0 atom stereocenters. The number of hydrogen-bond acceptors (Lipinski definition) is 5. The van der Waals surface area contributed by atoms with E-state index < -0.39 is 0 Å². The molecule has 1 amide bonds. The van der Waals surface area contributed by atoms with Crippen LogP contribution in [0.2, 0.25) is 0 Å². The van der Waals surface area contributed by atoms with Crippen LogP contribution in [0.5, 0.6) is 11.5 Å². The second-order valence-corrected chi connectivity index (χ2v) is 5.30. The van der Waals surface area contributed by atoms with E-state index in [1.54, 1.807) is 0 Å². The predicted octanol–water partition coefficient (Wildman–Crippen LogP) is 0.573. The average molecular weight is 293 g/mol. The number of hydrogen-bond donors (Lipinski definition) is 2. The van der Waals surface area contributed by atoms with Gasteiger partial charge >= 0.3 is 0 Å². The van der Waals surface area contributed by atoms with Gasteiger partial charge in [0.25, 0.3) is 0 Å². The summed E-state index contributed by atoms with van der Waals surface area (Å²) in [5, 5.41) is 6.02. The Morgan fingerprint density at radius 3 is 2.90 bits per heavy atom. The maximum absolute atomic E-state index is 11.6. The van der Waals surface area contributed by atoms with Crippen LogP contribution in [0.1, 0.15) is 12.0 Å². The molecule has 0 unspecified atom stereocenters. The van der Waals surface area contributed by atoms with Crippen molar-refractivity contribution < 1.29 is 14.3 Å². The van der Waals surface area contributed by atoms with Crippen molar-refractivity contribution in [3.05, 3.63) is 23.8 Å². The third-order valence-corrected chi connectivity index (χ3v) is 3.16. The van der Waals surface area contributed by atoms with Crippen LogP contribution in [-0.2, 0) is 11.3 Å². The standard InChI is InChI=1S/C15H23N3O3/c1-18(2)7-3-6-17-15(19)10-16-9-12-4-5-13-14(8-12)21-11-20-13/h4-5,8,16H,3,6-7,9-11H2,1-2H3,(H,17,19). The summed E-state index contributed by atoms with van der Waals surface area (Å²) in [5.41, 5.74) is 1.07. The second-order valence-electron chi connectivity index (χ2n) is 5.30.